The molecule has 0 unspecified atom stereocenters. The zero-order valence-corrected chi connectivity index (χ0v) is 10.6. The van der Waals surface area contributed by atoms with Gasteiger partial charge in [-0.15, -0.1) is 0 Å². The van der Waals surface area contributed by atoms with Gasteiger partial charge >= 0.3 is 0 Å². The third kappa shape index (κ3) is 3.31. The average molecular weight is 274 g/mol. The molecule has 0 aromatic heterocycles. The number of halogens is 2. The number of hydrogen-bond donors (Lipinski definition) is 1. The first-order chi connectivity index (χ1) is 9.62. The second-order valence-corrected chi connectivity index (χ2v) is 4.20. The van der Waals surface area contributed by atoms with Crippen LogP contribution in [0.15, 0.2) is 36.4 Å². The number of benzene rings is 2. The highest BCUT2D eigenvalue weighted by molar-refractivity contribution is 5.38. The number of hydrogen-bond acceptors (Lipinski definition) is 3. The van der Waals surface area contributed by atoms with Crippen molar-refractivity contribution < 1.29 is 13.5 Å². The molecule has 0 aliphatic rings. The van der Waals surface area contributed by atoms with Crippen LogP contribution >= 0.6 is 0 Å². The fraction of sp³-hybridized carbons (Fsp3) is 0.133. The molecule has 3 nitrogen and oxygen atoms in total. The van der Waals surface area contributed by atoms with Crippen molar-refractivity contribution in [2.75, 3.05) is 0 Å². The molecular weight excluding hydrogens is 262 g/mol. The molecular formula is C15H12F2N2O. The van der Waals surface area contributed by atoms with Crippen LogP contribution in [0.3, 0.4) is 0 Å². The lowest BCUT2D eigenvalue weighted by Gasteiger charge is -2.09. The summed E-state index contributed by atoms with van der Waals surface area (Å²) in [5, 5.41) is 8.93. The summed E-state index contributed by atoms with van der Waals surface area (Å²) < 4.78 is 31.9. The average Bonchev–Trinajstić information content (AvgIpc) is 2.44. The van der Waals surface area contributed by atoms with E-state index < -0.39 is 11.6 Å². The van der Waals surface area contributed by atoms with Crippen LogP contribution < -0.4 is 10.5 Å². The smallest absolute Gasteiger partial charge is 0.127 e. The second-order valence-electron chi connectivity index (χ2n) is 4.20. The molecule has 0 radical (unpaired) electrons. The zero-order chi connectivity index (χ0) is 14.5. The van der Waals surface area contributed by atoms with Gasteiger partial charge in [0, 0.05) is 18.2 Å². The molecule has 2 aromatic carbocycles. The van der Waals surface area contributed by atoms with Gasteiger partial charge in [-0.2, -0.15) is 5.26 Å². The van der Waals surface area contributed by atoms with E-state index in [4.69, 9.17) is 15.7 Å². The highest BCUT2D eigenvalue weighted by Crippen LogP contribution is 2.19. The van der Waals surface area contributed by atoms with Gasteiger partial charge in [-0.05, 0) is 35.9 Å². The molecule has 0 amide bonds. The van der Waals surface area contributed by atoms with Crippen molar-refractivity contribution in [2.45, 2.75) is 13.2 Å². The van der Waals surface area contributed by atoms with E-state index in [1.807, 2.05) is 6.07 Å². The van der Waals surface area contributed by atoms with Crippen LogP contribution in [-0.2, 0) is 13.2 Å². The number of nitrogens with zero attached hydrogens (tertiary/aromatic N) is 1. The Labute approximate surface area is 115 Å². The molecule has 0 saturated heterocycles. The van der Waals surface area contributed by atoms with Crippen molar-refractivity contribution in [1.29, 1.82) is 5.26 Å². The molecule has 0 saturated carbocycles. The van der Waals surface area contributed by atoms with Gasteiger partial charge in [-0.1, -0.05) is 0 Å². The largest absolute Gasteiger partial charge is 0.489 e. The second kappa shape index (κ2) is 6.13. The first kappa shape index (κ1) is 14.0. The summed E-state index contributed by atoms with van der Waals surface area (Å²) in [6.07, 6.45) is 0. The van der Waals surface area contributed by atoms with Crippen LogP contribution in [0, 0.1) is 23.0 Å². The Kier molecular flexibility index (Phi) is 4.28. The maximum atomic E-state index is 13.3. The maximum absolute atomic E-state index is 13.3. The number of nitriles is 1. The SMILES string of the molecule is N#Cc1ccc(F)cc1COc1cc(F)cc(CN)c1. The van der Waals surface area contributed by atoms with Crippen molar-refractivity contribution in [3.05, 3.63) is 64.7 Å². The van der Waals surface area contributed by atoms with Gasteiger partial charge < -0.3 is 10.5 Å². The van der Waals surface area contributed by atoms with Gasteiger partial charge in [-0.25, -0.2) is 8.78 Å². The summed E-state index contributed by atoms with van der Waals surface area (Å²) in [4.78, 5) is 0. The molecule has 0 aliphatic carbocycles. The van der Waals surface area contributed by atoms with Gasteiger partial charge in [0.2, 0.25) is 0 Å². The zero-order valence-electron chi connectivity index (χ0n) is 10.6. The van der Waals surface area contributed by atoms with E-state index in [9.17, 15) is 8.78 Å². The summed E-state index contributed by atoms with van der Waals surface area (Å²) in [5.74, 6) is -0.620. The monoisotopic (exact) mass is 274 g/mol. The predicted molar refractivity (Wildman–Crippen MR) is 69.7 cm³/mol. The van der Waals surface area contributed by atoms with Crippen LogP contribution in [-0.4, -0.2) is 0 Å². The third-order valence-corrected chi connectivity index (χ3v) is 2.75. The van der Waals surface area contributed by atoms with Gasteiger partial charge in [-0.3, -0.25) is 0 Å². The summed E-state index contributed by atoms with van der Waals surface area (Å²) in [5.41, 5.74) is 6.77. The molecule has 0 spiro atoms. The van der Waals surface area contributed by atoms with Crippen molar-refractivity contribution in [3.8, 4) is 11.8 Å². The maximum Gasteiger partial charge on any atom is 0.127 e. The Balaban J connectivity index is 2.19. The fourth-order valence-corrected chi connectivity index (χ4v) is 1.77. The van der Waals surface area contributed by atoms with Crippen LogP contribution in [0.2, 0.25) is 0 Å². The summed E-state index contributed by atoms with van der Waals surface area (Å²) >= 11 is 0. The Morgan fingerprint density at radius 3 is 2.60 bits per heavy atom. The van der Waals surface area contributed by atoms with E-state index in [0.29, 0.717) is 22.4 Å². The molecule has 102 valence electrons. The summed E-state index contributed by atoms with van der Waals surface area (Å²) in [6, 6.07) is 9.89. The molecule has 5 heteroatoms. The lowest BCUT2D eigenvalue weighted by molar-refractivity contribution is 0.303. The molecule has 0 fully saturated rings. The lowest BCUT2D eigenvalue weighted by atomic mass is 10.1. The van der Waals surface area contributed by atoms with Gasteiger partial charge in [0.15, 0.2) is 0 Å². The minimum atomic E-state index is -0.456. The van der Waals surface area contributed by atoms with Gasteiger partial charge in [0.25, 0.3) is 0 Å². The number of nitrogens with two attached hydrogens (primary N) is 1. The van der Waals surface area contributed by atoms with Crippen LogP contribution in [0.25, 0.3) is 0 Å². The molecule has 0 atom stereocenters. The first-order valence-electron chi connectivity index (χ1n) is 5.93. The number of ether oxygens (including phenoxy) is 1. The van der Waals surface area contributed by atoms with E-state index in [2.05, 4.69) is 0 Å². The van der Waals surface area contributed by atoms with Crippen molar-refractivity contribution in [1.82, 2.24) is 0 Å². The topological polar surface area (TPSA) is 59.0 Å². The van der Waals surface area contributed by atoms with Crippen LogP contribution in [0.1, 0.15) is 16.7 Å². The van der Waals surface area contributed by atoms with E-state index in [1.165, 1.54) is 30.3 Å². The molecule has 0 bridgehead atoms. The van der Waals surface area contributed by atoms with Crippen LogP contribution in [0.5, 0.6) is 5.75 Å². The Bertz CT molecular complexity index is 665. The third-order valence-electron chi connectivity index (χ3n) is 2.75. The Morgan fingerprint density at radius 1 is 1.10 bits per heavy atom. The Morgan fingerprint density at radius 2 is 1.90 bits per heavy atom. The highest BCUT2D eigenvalue weighted by Gasteiger charge is 2.06. The minimum Gasteiger partial charge on any atom is -0.489 e. The molecule has 0 heterocycles. The predicted octanol–water partition coefficient (Wildman–Crippen LogP) is 2.87. The van der Waals surface area contributed by atoms with Gasteiger partial charge in [0.05, 0.1) is 11.6 Å². The summed E-state index contributed by atoms with van der Waals surface area (Å²) in [6.45, 7) is 0.172. The van der Waals surface area contributed by atoms with E-state index in [0.717, 1.165) is 0 Å². The summed E-state index contributed by atoms with van der Waals surface area (Å²) in [7, 11) is 0. The van der Waals surface area contributed by atoms with Gasteiger partial charge in [0.1, 0.15) is 24.0 Å². The molecule has 2 N–H and O–H groups in total. The first-order valence-corrected chi connectivity index (χ1v) is 5.93. The molecule has 2 aromatic rings. The standard InChI is InChI=1S/C15H12F2N2O/c16-13-2-1-11(8-19)12(5-13)9-20-15-4-10(7-18)3-14(17)6-15/h1-6H,7,9,18H2. The molecule has 2 rings (SSSR count). The lowest BCUT2D eigenvalue weighted by Crippen LogP contribution is -2.02. The fourth-order valence-electron chi connectivity index (χ4n) is 1.77. The highest BCUT2D eigenvalue weighted by atomic mass is 19.1. The van der Waals surface area contributed by atoms with Crippen LogP contribution in [0.4, 0.5) is 8.78 Å². The van der Waals surface area contributed by atoms with Crippen molar-refractivity contribution in [3.63, 3.8) is 0 Å². The van der Waals surface area contributed by atoms with E-state index in [-0.39, 0.29) is 13.2 Å². The van der Waals surface area contributed by atoms with Crippen molar-refractivity contribution >= 4 is 0 Å². The minimum absolute atomic E-state index is 0.0197. The van der Waals surface area contributed by atoms with Crippen molar-refractivity contribution in [2.24, 2.45) is 5.73 Å². The Hall–Kier alpha value is -2.45. The molecule has 20 heavy (non-hydrogen) atoms. The molecule has 0 aliphatic heterocycles. The van der Waals surface area contributed by atoms with E-state index >= 15 is 0 Å². The van der Waals surface area contributed by atoms with E-state index in [1.54, 1.807) is 6.07 Å². The number of rotatable bonds is 4. The quantitative estimate of drug-likeness (QED) is 0.932. The normalized spacial score (nSPS) is 10.1.